The van der Waals surface area contributed by atoms with Gasteiger partial charge in [0.15, 0.2) is 0 Å². The molecule has 1 aliphatic rings. The molecule has 0 amide bonds. The third-order valence-electron chi connectivity index (χ3n) is 4.27. The highest BCUT2D eigenvalue weighted by Crippen LogP contribution is 2.32. The van der Waals surface area contributed by atoms with Gasteiger partial charge in [-0.05, 0) is 30.5 Å². The van der Waals surface area contributed by atoms with Gasteiger partial charge in [-0.1, -0.05) is 12.1 Å². The normalized spacial score (nSPS) is 27.0. The van der Waals surface area contributed by atoms with E-state index in [1.54, 1.807) is 18.3 Å². The standard InChI is InChI=1S/C16H19FN2O4/c17-10-4-1-9(2-5-10)3-6-11-7-19-12(8-20)13(21)14(22)15(23)16(19)18-11/h1-2,4-5,7,12-15,20-23H,3,6,8H2/t12-,13-,14+,15-/m1/s1. The van der Waals surface area contributed by atoms with Gasteiger partial charge in [-0.15, -0.1) is 0 Å². The Labute approximate surface area is 132 Å². The van der Waals surface area contributed by atoms with E-state index in [0.29, 0.717) is 18.5 Å². The molecule has 0 spiro atoms. The second kappa shape index (κ2) is 6.37. The van der Waals surface area contributed by atoms with E-state index in [1.165, 1.54) is 16.7 Å². The molecule has 1 aromatic heterocycles. The van der Waals surface area contributed by atoms with E-state index in [-0.39, 0.29) is 18.2 Å². The number of imidazole rings is 1. The van der Waals surface area contributed by atoms with Gasteiger partial charge in [0.05, 0.1) is 18.3 Å². The zero-order valence-corrected chi connectivity index (χ0v) is 12.4. The van der Waals surface area contributed by atoms with Crippen molar-refractivity contribution in [3.05, 3.63) is 53.4 Å². The van der Waals surface area contributed by atoms with Gasteiger partial charge in [-0.25, -0.2) is 9.37 Å². The second-order valence-corrected chi connectivity index (χ2v) is 5.80. The first-order valence-electron chi connectivity index (χ1n) is 7.48. The van der Waals surface area contributed by atoms with Crippen molar-refractivity contribution in [2.24, 2.45) is 0 Å². The van der Waals surface area contributed by atoms with Crippen LogP contribution < -0.4 is 0 Å². The SMILES string of the molecule is OC[C@@H]1[C@@H](O)[C@H](O)[C@@H](O)c2nc(CCc3ccc(F)cc3)cn21. The molecule has 2 aromatic rings. The molecule has 2 heterocycles. The van der Waals surface area contributed by atoms with Crippen LogP contribution in [0.25, 0.3) is 0 Å². The van der Waals surface area contributed by atoms with Gasteiger partial charge in [-0.2, -0.15) is 0 Å². The number of aromatic nitrogens is 2. The molecular weight excluding hydrogens is 303 g/mol. The van der Waals surface area contributed by atoms with Gasteiger partial charge in [-0.3, -0.25) is 0 Å². The molecule has 1 aliphatic heterocycles. The maximum Gasteiger partial charge on any atom is 0.141 e. The topological polar surface area (TPSA) is 98.7 Å². The highest BCUT2D eigenvalue weighted by atomic mass is 19.1. The predicted octanol–water partition coefficient (Wildman–Crippen LogP) is 0.110. The fraction of sp³-hybridized carbons (Fsp3) is 0.438. The molecule has 23 heavy (non-hydrogen) atoms. The summed E-state index contributed by atoms with van der Waals surface area (Å²) in [6.45, 7) is -0.369. The van der Waals surface area contributed by atoms with Crippen LogP contribution in [0.1, 0.15) is 29.2 Å². The quantitative estimate of drug-likeness (QED) is 0.640. The van der Waals surface area contributed by atoms with Crippen molar-refractivity contribution in [3.8, 4) is 0 Å². The van der Waals surface area contributed by atoms with Crippen LogP contribution in [0.4, 0.5) is 4.39 Å². The van der Waals surface area contributed by atoms with Gasteiger partial charge in [0.2, 0.25) is 0 Å². The monoisotopic (exact) mass is 322 g/mol. The lowest BCUT2D eigenvalue weighted by Gasteiger charge is -2.35. The number of halogens is 1. The number of aryl methyl sites for hydroxylation is 2. The minimum atomic E-state index is -1.38. The molecule has 0 bridgehead atoms. The molecule has 6 nitrogen and oxygen atoms in total. The third-order valence-corrected chi connectivity index (χ3v) is 4.27. The lowest BCUT2D eigenvalue weighted by molar-refractivity contribution is -0.108. The summed E-state index contributed by atoms with van der Waals surface area (Å²) in [4.78, 5) is 4.30. The van der Waals surface area contributed by atoms with Gasteiger partial charge < -0.3 is 25.0 Å². The van der Waals surface area contributed by atoms with E-state index < -0.39 is 24.4 Å². The first-order valence-corrected chi connectivity index (χ1v) is 7.48. The molecule has 7 heteroatoms. The lowest BCUT2D eigenvalue weighted by Crippen LogP contribution is -2.46. The van der Waals surface area contributed by atoms with Crippen molar-refractivity contribution >= 4 is 0 Å². The summed E-state index contributed by atoms with van der Waals surface area (Å²) < 4.78 is 14.4. The molecule has 4 N–H and O–H groups in total. The summed E-state index contributed by atoms with van der Waals surface area (Å²) in [6.07, 6.45) is -1.08. The third kappa shape index (κ3) is 3.00. The average Bonchev–Trinajstić information content (AvgIpc) is 2.97. The molecule has 0 fully saturated rings. The fourth-order valence-electron chi connectivity index (χ4n) is 2.92. The Morgan fingerprint density at radius 3 is 2.39 bits per heavy atom. The molecular formula is C16H19FN2O4. The number of nitrogens with zero attached hydrogens (tertiary/aromatic N) is 2. The summed E-state index contributed by atoms with van der Waals surface area (Å²) in [6, 6.07) is 5.45. The van der Waals surface area contributed by atoms with Crippen molar-refractivity contribution < 1.29 is 24.8 Å². The molecule has 0 radical (unpaired) electrons. The summed E-state index contributed by atoms with van der Waals surface area (Å²) in [7, 11) is 0. The van der Waals surface area contributed by atoms with Crippen LogP contribution >= 0.6 is 0 Å². The van der Waals surface area contributed by atoms with Gasteiger partial charge in [0, 0.05) is 6.20 Å². The minimum Gasteiger partial charge on any atom is -0.394 e. The van der Waals surface area contributed by atoms with Crippen molar-refractivity contribution in [3.63, 3.8) is 0 Å². The lowest BCUT2D eigenvalue weighted by atomic mass is 9.96. The molecule has 3 rings (SSSR count). The molecule has 0 unspecified atom stereocenters. The first-order chi connectivity index (χ1) is 11.0. The van der Waals surface area contributed by atoms with Crippen molar-refractivity contribution in [2.45, 2.75) is 37.2 Å². The van der Waals surface area contributed by atoms with Crippen LogP contribution in [-0.4, -0.2) is 48.8 Å². The highest BCUT2D eigenvalue weighted by molar-refractivity contribution is 5.19. The summed E-state index contributed by atoms with van der Waals surface area (Å²) in [5.74, 6) is -0.0564. The maximum atomic E-state index is 12.9. The fourth-order valence-corrected chi connectivity index (χ4v) is 2.92. The van der Waals surface area contributed by atoms with Crippen molar-refractivity contribution in [2.75, 3.05) is 6.61 Å². The zero-order chi connectivity index (χ0) is 16.6. The van der Waals surface area contributed by atoms with Crippen LogP contribution in [0.2, 0.25) is 0 Å². The van der Waals surface area contributed by atoms with Crippen molar-refractivity contribution in [1.29, 1.82) is 0 Å². The second-order valence-electron chi connectivity index (χ2n) is 5.80. The average molecular weight is 322 g/mol. The summed E-state index contributed by atoms with van der Waals surface area (Å²) in [5.41, 5.74) is 1.62. The van der Waals surface area contributed by atoms with E-state index in [2.05, 4.69) is 4.98 Å². The Bertz CT molecular complexity index is 673. The largest absolute Gasteiger partial charge is 0.394 e. The first kappa shape index (κ1) is 16.1. The van der Waals surface area contributed by atoms with Crippen LogP contribution in [0, 0.1) is 5.82 Å². The Kier molecular flexibility index (Phi) is 4.45. The predicted molar refractivity (Wildman–Crippen MR) is 79.1 cm³/mol. The van der Waals surface area contributed by atoms with Crippen LogP contribution in [-0.2, 0) is 12.8 Å². The number of benzene rings is 1. The van der Waals surface area contributed by atoms with Crippen LogP contribution in [0.3, 0.4) is 0 Å². The smallest absolute Gasteiger partial charge is 0.141 e. The van der Waals surface area contributed by atoms with Crippen LogP contribution in [0.15, 0.2) is 30.5 Å². The Morgan fingerprint density at radius 2 is 1.74 bits per heavy atom. The van der Waals surface area contributed by atoms with Gasteiger partial charge >= 0.3 is 0 Å². The van der Waals surface area contributed by atoms with Gasteiger partial charge in [0.1, 0.15) is 30.0 Å². The molecule has 124 valence electrons. The van der Waals surface area contributed by atoms with E-state index in [9.17, 15) is 24.8 Å². The number of hydrogen-bond donors (Lipinski definition) is 4. The number of aliphatic hydroxyl groups is 4. The number of aliphatic hydroxyl groups excluding tert-OH is 4. The molecule has 0 aliphatic carbocycles. The summed E-state index contributed by atoms with van der Waals surface area (Å²) >= 11 is 0. The Balaban J connectivity index is 1.79. The summed E-state index contributed by atoms with van der Waals surface area (Å²) in [5, 5.41) is 39.2. The van der Waals surface area contributed by atoms with Gasteiger partial charge in [0.25, 0.3) is 0 Å². The molecule has 1 aromatic carbocycles. The molecule has 4 atom stereocenters. The number of hydrogen-bond acceptors (Lipinski definition) is 5. The molecule has 0 saturated carbocycles. The zero-order valence-electron chi connectivity index (χ0n) is 12.4. The van der Waals surface area contributed by atoms with E-state index in [1.807, 2.05) is 0 Å². The van der Waals surface area contributed by atoms with E-state index in [4.69, 9.17) is 0 Å². The highest BCUT2D eigenvalue weighted by Gasteiger charge is 2.41. The number of rotatable bonds is 4. The number of fused-ring (bicyclic) bond motifs is 1. The molecule has 0 saturated heterocycles. The van der Waals surface area contributed by atoms with E-state index >= 15 is 0 Å². The Hall–Kier alpha value is -1.80. The maximum absolute atomic E-state index is 12.9. The van der Waals surface area contributed by atoms with Crippen LogP contribution in [0.5, 0.6) is 0 Å². The Morgan fingerprint density at radius 1 is 1.04 bits per heavy atom. The van der Waals surface area contributed by atoms with Crippen molar-refractivity contribution in [1.82, 2.24) is 9.55 Å². The minimum absolute atomic E-state index is 0.232. The van der Waals surface area contributed by atoms with E-state index in [0.717, 1.165) is 5.56 Å².